The van der Waals surface area contributed by atoms with Gasteiger partial charge in [-0.2, -0.15) is 0 Å². The molecule has 3 nitrogen and oxygen atoms in total. The number of esters is 1. The first-order valence-corrected chi connectivity index (χ1v) is 8.68. The molecule has 0 radical (unpaired) electrons. The van der Waals surface area contributed by atoms with Crippen LogP contribution in [0, 0.1) is 12.7 Å². The van der Waals surface area contributed by atoms with Gasteiger partial charge in [0.15, 0.2) is 5.70 Å². The highest BCUT2D eigenvalue weighted by Crippen LogP contribution is 2.37. The smallest absolute Gasteiger partial charge is 0.363 e. The van der Waals surface area contributed by atoms with Crippen molar-refractivity contribution in [1.82, 2.24) is 0 Å². The Morgan fingerprint density at radius 2 is 1.96 bits per heavy atom. The predicted octanol–water partition coefficient (Wildman–Crippen LogP) is 5.35. The van der Waals surface area contributed by atoms with E-state index in [1.54, 1.807) is 18.2 Å². The molecule has 4 rings (SSSR count). The van der Waals surface area contributed by atoms with Gasteiger partial charge in [0.25, 0.3) is 0 Å². The van der Waals surface area contributed by atoms with Crippen molar-refractivity contribution in [2.24, 2.45) is 4.99 Å². The van der Waals surface area contributed by atoms with Crippen LogP contribution < -0.4 is 0 Å². The van der Waals surface area contributed by atoms with E-state index in [4.69, 9.17) is 16.3 Å². The molecule has 2 aromatic carbocycles. The summed E-state index contributed by atoms with van der Waals surface area (Å²) in [5, 5.41) is 1.43. The molecule has 1 aliphatic rings. The van der Waals surface area contributed by atoms with Crippen LogP contribution in [0.1, 0.15) is 16.0 Å². The lowest BCUT2D eigenvalue weighted by atomic mass is 10.2. The molecule has 6 heteroatoms. The van der Waals surface area contributed by atoms with Crippen molar-refractivity contribution in [3.8, 4) is 0 Å². The Bertz CT molecular complexity index is 1070. The Morgan fingerprint density at radius 1 is 1.20 bits per heavy atom. The van der Waals surface area contributed by atoms with Gasteiger partial charge in [-0.3, -0.25) is 0 Å². The summed E-state index contributed by atoms with van der Waals surface area (Å²) >= 11 is 7.87. The predicted molar refractivity (Wildman–Crippen MR) is 98.6 cm³/mol. The number of aliphatic imine (C=N–C) groups is 1. The molecule has 25 heavy (non-hydrogen) atoms. The molecule has 1 aliphatic heterocycles. The van der Waals surface area contributed by atoms with Crippen molar-refractivity contribution >= 4 is 51.0 Å². The van der Waals surface area contributed by atoms with Crippen molar-refractivity contribution in [2.45, 2.75) is 6.92 Å². The summed E-state index contributed by atoms with van der Waals surface area (Å²) < 4.78 is 19.3. The number of cyclic esters (lactones) is 1. The van der Waals surface area contributed by atoms with Crippen LogP contribution >= 0.6 is 22.9 Å². The third kappa shape index (κ3) is 2.97. The monoisotopic (exact) mass is 371 g/mol. The van der Waals surface area contributed by atoms with E-state index in [0.29, 0.717) is 15.5 Å². The molecule has 0 fully saturated rings. The molecule has 124 valence electrons. The molecule has 0 aliphatic carbocycles. The number of halogens is 2. The van der Waals surface area contributed by atoms with Crippen molar-refractivity contribution < 1.29 is 13.9 Å². The zero-order valence-corrected chi connectivity index (χ0v) is 14.6. The lowest BCUT2D eigenvalue weighted by Gasteiger charge is -1.95. The topological polar surface area (TPSA) is 38.7 Å². The molecule has 0 amide bonds. The zero-order chi connectivity index (χ0) is 17.6. The third-order valence-electron chi connectivity index (χ3n) is 3.77. The lowest BCUT2D eigenvalue weighted by molar-refractivity contribution is -0.129. The van der Waals surface area contributed by atoms with Gasteiger partial charge in [-0.25, -0.2) is 14.2 Å². The molecular weight excluding hydrogens is 361 g/mol. The van der Waals surface area contributed by atoms with Gasteiger partial charge in [-0.15, -0.1) is 11.3 Å². The summed E-state index contributed by atoms with van der Waals surface area (Å²) in [6, 6.07) is 11.7. The molecule has 3 aromatic rings. The number of carbonyl (C=O) groups excluding carboxylic acids is 1. The minimum atomic E-state index is -0.552. The quantitative estimate of drug-likeness (QED) is 0.450. The first-order valence-electron chi connectivity index (χ1n) is 7.48. The van der Waals surface area contributed by atoms with E-state index in [1.807, 2.05) is 25.1 Å². The van der Waals surface area contributed by atoms with Gasteiger partial charge < -0.3 is 4.74 Å². The van der Waals surface area contributed by atoms with E-state index in [0.717, 1.165) is 15.6 Å². The van der Waals surface area contributed by atoms with E-state index in [-0.39, 0.29) is 17.4 Å². The number of carbonyl (C=O) groups is 1. The maximum absolute atomic E-state index is 13.0. The largest absolute Gasteiger partial charge is 0.401 e. The highest BCUT2D eigenvalue weighted by Gasteiger charge is 2.27. The van der Waals surface area contributed by atoms with Crippen LogP contribution in [-0.2, 0) is 9.53 Å². The minimum absolute atomic E-state index is 0.159. The second kappa shape index (κ2) is 6.10. The number of nitrogens with zero attached hydrogens (tertiary/aromatic N) is 1. The summed E-state index contributed by atoms with van der Waals surface area (Å²) in [5.41, 5.74) is 1.95. The zero-order valence-electron chi connectivity index (χ0n) is 13.0. The van der Waals surface area contributed by atoms with Gasteiger partial charge in [0.1, 0.15) is 10.7 Å². The maximum Gasteiger partial charge on any atom is 0.363 e. The van der Waals surface area contributed by atoms with Crippen molar-refractivity contribution in [1.29, 1.82) is 0 Å². The molecule has 0 unspecified atom stereocenters. The van der Waals surface area contributed by atoms with Crippen LogP contribution in [0.15, 0.2) is 53.2 Å². The number of ether oxygens (including phenoxy) is 1. The first-order chi connectivity index (χ1) is 12.0. The normalized spacial score (nSPS) is 15.7. The number of hydrogen-bond donors (Lipinski definition) is 0. The Kier molecular flexibility index (Phi) is 3.90. The number of thiophene rings is 1. The molecule has 2 heterocycles. The van der Waals surface area contributed by atoms with Gasteiger partial charge in [0.2, 0.25) is 5.90 Å². The fraction of sp³-hybridized carbons (Fsp3) is 0.0526. The van der Waals surface area contributed by atoms with Gasteiger partial charge in [-0.05, 0) is 42.3 Å². The first kappa shape index (κ1) is 16.0. The molecule has 1 aromatic heterocycles. The van der Waals surface area contributed by atoms with E-state index in [1.165, 1.54) is 23.5 Å². The highest BCUT2D eigenvalue weighted by molar-refractivity contribution is 7.21. The molecule has 0 atom stereocenters. The number of benzene rings is 2. The summed E-state index contributed by atoms with van der Waals surface area (Å²) in [6.07, 6.45) is 1.56. The fourth-order valence-electron chi connectivity index (χ4n) is 2.53. The SMILES string of the molecule is Cc1ccc2c(Cl)c(C3=N/C(=C/c4ccc(F)cc4)C(=O)O3)sc2c1. The van der Waals surface area contributed by atoms with Gasteiger partial charge >= 0.3 is 5.97 Å². The van der Waals surface area contributed by atoms with Gasteiger partial charge in [-0.1, -0.05) is 35.9 Å². The van der Waals surface area contributed by atoms with Crippen LogP contribution in [0.5, 0.6) is 0 Å². The van der Waals surface area contributed by atoms with Crippen molar-refractivity contribution in [2.75, 3.05) is 0 Å². The van der Waals surface area contributed by atoms with Crippen molar-refractivity contribution in [3.63, 3.8) is 0 Å². The maximum atomic E-state index is 13.0. The van der Waals surface area contributed by atoms with Crippen molar-refractivity contribution in [3.05, 3.63) is 75.0 Å². The minimum Gasteiger partial charge on any atom is -0.401 e. The summed E-state index contributed by atoms with van der Waals surface area (Å²) in [7, 11) is 0. The average Bonchev–Trinajstić information content (AvgIpc) is 3.10. The molecule has 0 spiro atoms. The lowest BCUT2D eigenvalue weighted by Crippen LogP contribution is -2.04. The number of rotatable bonds is 2. The van der Waals surface area contributed by atoms with Gasteiger partial charge in [0, 0.05) is 10.1 Å². The van der Waals surface area contributed by atoms with E-state index in [9.17, 15) is 9.18 Å². The Hall–Kier alpha value is -2.50. The molecule has 0 N–H and O–H groups in total. The molecular formula is C19H11ClFNO2S. The Labute approximate surface area is 152 Å². The Morgan fingerprint density at radius 3 is 2.72 bits per heavy atom. The number of aryl methyl sites for hydroxylation is 1. The van der Waals surface area contributed by atoms with Crippen LogP contribution in [0.3, 0.4) is 0 Å². The van der Waals surface area contributed by atoms with Crippen LogP contribution in [0.2, 0.25) is 5.02 Å². The van der Waals surface area contributed by atoms with Gasteiger partial charge in [0.05, 0.1) is 5.02 Å². The average molecular weight is 372 g/mol. The van der Waals surface area contributed by atoms with Crippen LogP contribution in [0.4, 0.5) is 4.39 Å². The molecule has 0 saturated carbocycles. The summed E-state index contributed by atoms with van der Waals surface area (Å²) in [5.74, 6) is -0.695. The number of hydrogen-bond acceptors (Lipinski definition) is 4. The highest BCUT2D eigenvalue weighted by atomic mass is 35.5. The summed E-state index contributed by atoms with van der Waals surface area (Å²) in [4.78, 5) is 17.0. The number of fused-ring (bicyclic) bond motifs is 1. The van der Waals surface area contributed by atoms with E-state index in [2.05, 4.69) is 4.99 Å². The Balaban J connectivity index is 1.75. The molecule has 0 bridgehead atoms. The van der Waals surface area contributed by atoms with Crippen LogP contribution in [-0.4, -0.2) is 11.9 Å². The third-order valence-corrected chi connectivity index (χ3v) is 5.42. The standard InChI is InChI=1S/C19H11ClFNO2S/c1-10-2-7-13-15(8-10)25-17(16(13)20)18-22-14(19(23)24-18)9-11-3-5-12(21)6-4-11/h2-9H,1H3/b14-9+. The van der Waals surface area contributed by atoms with E-state index >= 15 is 0 Å². The van der Waals surface area contributed by atoms with Crippen LogP contribution in [0.25, 0.3) is 16.2 Å². The second-order valence-electron chi connectivity index (χ2n) is 5.63. The van der Waals surface area contributed by atoms with E-state index < -0.39 is 5.97 Å². The molecule has 0 saturated heterocycles. The summed E-state index contributed by atoms with van der Waals surface area (Å²) in [6.45, 7) is 2.00. The fourth-order valence-corrected chi connectivity index (χ4v) is 4.07. The second-order valence-corrected chi connectivity index (χ2v) is 7.06.